The highest BCUT2D eigenvalue weighted by atomic mass is 16.5. The molecule has 2 rings (SSSR count). The van der Waals surface area contributed by atoms with Crippen molar-refractivity contribution in [2.45, 2.75) is 6.42 Å². The minimum atomic E-state index is -0.0693. The molecule has 0 aromatic heterocycles. The lowest BCUT2D eigenvalue weighted by Gasteiger charge is -2.12. The van der Waals surface area contributed by atoms with Crippen LogP contribution >= 0.6 is 0 Å². The average molecular weight is 330 g/mol. The third-order valence-corrected chi connectivity index (χ3v) is 3.45. The number of amides is 1. The number of nitrogens with one attached hydrogen (secondary N) is 2. The first-order valence-corrected chi connectivity index (χ1v) is 7.56. The lowest BCUT2D eigenvalue weighted by molar-refractivity contribution is -0.115. The van der Waals surface area contributed by atoms with E-state index in [-0.39, 0.29) is 5.91 Å². The Balaban J connectivity index is 1.83. The molecule has 0 bridgehead atoms. The van der Waals surface area contributed by atoms with Crippen molar-refractivity contribution in [3.63, 3.8) is 0 Å². The van der Waals surface area contributed by atoms with Gasteiger partial charge in [-0.1, -0.05) is 0 Å². The second-order valence-electron chi connectivity index (χ2n) is 5.02. The molecule has 1 amide bonds. The van der Waals surface area contributed by atoms with E-state index in [0.29, 0.717) is 18.7 Å². The number of methoxy groups -OCH3 is 3. The molecule has 6 nitrogen and oxygen atoms in total. The van der Waals surface area contributed by atoms with Gasteiger partial charge in [0.25, 0.3) is 0 Å². The third-order valence-electron chi connectivity index (χ3n) is 3.45. The molecule has 2 aromatic rings. The molecule has 6 heteroatoms. The highest BCUT2D eigenvalue weighted by Crippen LogP contribution is 2.28. The summed E-state index contributed by atoms with van der Waals surface area (Å²) in [6.45, 7) is 0.491. The highest BCUT2D eigenvalue weighted by Gasteiger charge is 2.06. The smallest absolute Gasteiger partial charge is 0.226 e. The van der Waals surface area contributed by atoms with E-state index in [1.54, 1.807) is 51.7 Å². The number of hydrogen-bond donors (Lipinski definition) is 2. The molecular formula is C18H22N2O4. The van der Waals surface area contributed by atoms with E-state index in [1.807, 2.05) is 12.1 Å². The molecule has 0 saturated carbocycles. The fourth-order valence-electron chi connectivity index (χ4n) is 2.15. The molecule has 0 unspecified atom stereocenters. The number of carbonyl (C=O) groups excluding carboxylic acids is 1. The molecule has 0 aliphatic carbocycles. The van der Waals surface area contributed by atoms with E-state index in [0.717, 1.165) is 22.9 Å². The van der Waals surface area contributed by atoms with E-state index in [1.165, 1.54) is 0 Å². The summed E-state index contributed by atoms with van der Waals surface area (Å²) < 4.78 is 15.5. The van der Waals surface area contributed by atoms with Gasteiger partial charge in [-0.2, -0.15) is 0 Å². The normalized spacial score (nSPS) is 9.96. The van der Waals surface area contributed by atoms with Gasteiger partial charge < -0.3 is 24.8 Å². The van der Waals surface area contributed by atoms with Crippen molar-refractivity contribution in [3.05, 3.63) is 42.5 Å². The van der Waals surface area contributed by atoms with Crippen LogP contribution in [0.15, 0.2) is 42.5 Å². The largest absolute Gasteiger partial charge is 0.497 e. The van der Waals surface area contributed by atoms with Crippen LogP contribution in [-0.2, 0) is 4.79 Å². The Morgan fingerprint density at radius 1 is 0.917 bits per heavy atom. The van der Waals surface area contributed by atoms with Gasteiger partial charge in [0.15, 0.2) is 0 Å². The predicted molar refractivity (Wildman–Crippen MR) is 94.3 cm³/mol. The van der Waals surface area contributed by atoms with Crippen molar-refractivity contribution >= 4 is 17.3 Å². The van der Waals surface area contributed by atoms with Crippen molar-refractivity contribution in [3.8, 4) is 17.2 Å². The van der Waals surface area contributed by atoms with Gasteiger partial charge in [0.05, 0.1) is 27.0 Å². The van der Waals surface area contributed by atoms with Crippen molar-refractivity contribution in [1.82, 2.24) is 0 Å². The SMILES string of the molecule is COc1ccc(NC(=O)CCNc2ccc(OC)cc2OC)cc1. The van der Waals surface area contributed by atoms with Crippen molar-refractivity contribution in [2.24, 2.45) is 0 Å². The van der Waals surface area contributed by atoms with Gasteiger partial charge in [-0.25, -0.2) is 0 Å². The van der Waals surface area contributed by atoms with Gasteiger partial charge in [-0.05, 0) is 36.4 Å². The van der Waals surface area contributed by atoms with Crippen LogP contribution in [0.1, 0.15) is 6.42 Å². The summed E-state index contributed by atoms with van der Waals surface area (Å²) in [6.07, 6.45) is 0.335. The van der Waals surface area contributed by atoms with Gasteiger partial charge in [0.1, 0.15) is 17.2 Å². The summed E-state index contributed by atoms with van der Waals surface area (Å²) >= 11 is 0. The van der Waals surface area contributed by atoms with Gasteiger partial charge >= 0.3 is 0 Å². The summed E-state index contributed by atoms with van der Waals surface area (Å²) in [7, 11) is 4.80. The molecular weight excluding hydrogens is 308 g/mol. The Morgan fingerprint density at radius 3 is 2.21 bits per heavy atom. The summed E-state index contributed by atoms with van der Waals surface area (Å²) in [5.74, 6) is 2.07. The van der Waals surface area contributed by atoms with Crippen LogP contribution in [0.2, 0.25) is 0 Å². The Bertz CT molecular complexity index is 671. The summed E-state index contributed by atoms with van der Waals surface area (Å²) in [5.41, 5.74) is 1.55. The molecule has 24 heavy (non-hydrogen) atoms. The van der Waals surface area contributed by atoms with Crippen LogP contribution in [0.5, 0.6) is 17.2 Å². The minimum Gasteiger partial charge on any atom is -0.497 e. The quantitative estimate of drug-likeness (QED) is 0.778. The first kappa shape index (κ1) is 17.5. The number of benzene rings is 2. The molecule has 0 spiro atoms. The molecule has 0 saturated heterocycles. The molecule has 0 radical (unpaired) electrons. The summed E-state index contributed by atoms with van der Waals surface area (Å²) in [4.78, 5) is 12.0. The number of ether oxygens (including phenoxy) is 3. The second-order valence-corrected chi connectivity index (χ2v) is 5.02. The predicted octanol–water partition coefficient (Wildman–Crippen LogP) is 3.15. The monoisotopic (exact) mass is 330 g/mol. The molecule has 0 heterocycles. The number of rotatable bonds is 8. The molecule has 2 N–H and O–H groups in total. The summed E-state index contributed by atoms with van der Waals surface area (Å²) in [5, 5.41) is 6.03. The van der Waals surface area contributed by atoms with Gasteiger partial charge in [0, 0.05) is 24.7 Å². The molecule has 0 fully saturated rings. The fraction of sp³-hybridized carbons (Fsp3) is 0.278. The maximum absolute atomic E-state index is 12.0. The topological polar surface area (TPSA) is 68.8 Å². The van der Waals surface area contributed by atoms with Crippen LogP contribution in [0.25, 0.3) is 0 Å². The van der Waals surface area contributed by atoms with Gasteiger partial charge in [0.2, 0.25) is 5.91 Å². The Hall–Kier alpha value is -2.89. The van der Waals surface area contributed by atoms with Crippen LogP contribution in [0, 0.1) is 0 Å². The Kier molecular flexibility index (Phi) is 6.31. The van der Waals surface area contributed by atoms with E-state index in [4.69, 9.17) is 14.2 Å². The maximum atomic E-state index is 12.0. The van der Waals surface area contributed by atoms with Crippen LogP contribution in [0.4, 0.5) is 11.4 Å². The standard InChI is InChI=1S/C18H22N2O4/c1-22-14-6-4-13(5-7-14)20-18(21)10-11-19-16-9-8-15(23-2)12-17(16)24-3/h4-9,12,19H,10-11H2,1-3H3,(H,20,21). The Morgan fingerprint density at radius 2 is 1.58 bits per heavy atom. The van der Waals surface area contributed by atoms with Gasteiger partial charge in [-0.15, -0.1) is 0 Å². The molecule has 0 atom stereocenters. The first-order chi connectivity index (χ1) is 11.7. The molecule has 0 aliphatic heterocycles. The van der Waals surface area contributed by atoms with Gasteiger partial charge in [-0.3, -0.25) is 4.79 Å². The van der Waals surface area contributed by atoms with Crippen molar-refractivity contribution in [2.75, 3.05) is 38.5 Å². The zero-order chi connectivity index (χ0) is 17.4. The lowest BCUT2D eigenvalue weighted by atomic mass is 10.2. The second kappa shape index (κ2) is 8.67. The molecule has 2 aromatic carbocycles. The summed E-state index contributed by atoms with van der Waals surface area (Å²) in [6, 6.07) is 12.7. The van der Waals surface area contributed by atoms with E-state index in [2.05, 4.69) is 10.6 Å². The number of hydrogen-bond acceptors (Lipinski definition) is 5. The van der Waals surface area contributed by atoms with Crippen molar-refractivity contribution in [1.29, 1.82) is 0 Å². The van der Waals surface area contributed by atoms with Crippen LogP contribution in [0.3, 0.4) is 0 Å². The zero-order valence-electron chi connectivity index (χ0n) is 14.1. The van der Waals surface area contributed by atoms with E-state index in [9.17, 15) is 4.79 Å². The first-order valence-electron chi connectivity index (χ1n) is 7.56. The Labute approximate surface area is 141 Å². The van der Waals surface area contributed by atoms with E-state index >= 15 is 0 Å². The molecule has 0 aliphatic rings. The fourth-order valence-corrected chi connectivity index (χ4v) is 2.15. The number of anilines is 2. The van der Waals surface area contributed by atoms with Crippen LogP contribution < -0.4 is 24.8 Å². The lowest BCUT2D eigenvalue weighted by Crippen LogP contribution is -2.16. The average Bonchev–Trinajstić information content (AvgIpc) is 2.62. The van der Waals surface area contributed by atoms with E-state index < -0.39 is 0 Å². The van der Waals surface area contributed by atoms with Crippen molar-refractivity contribution < 1.29 is 19.0 Å². The zero-order valence-corrected chi connectivity index (χ0v) is 14.1. The third kappa shape index (κ3) is 4.81. The van der Waals surface area contributed by atoms with Crippen LogP contribution in [-0.4, -0.2) is 33.8 Å². The molecule has 128 valence electrons. The number of carbonyl (C=O) groups is 1. The minimum absolute atomic E-state index is 0.0693. The maximum Gasteiger partial charge on any atom is 0.226 e. The highest BCUT2D eigenvalue weighted by molar-refractivity contribution is 5.91.